The van der Waals surface area contributed by atoms with Gasteiger partial charge in [0.05, 0.1) is 6.10 Å². The first-order chi connectivity index (χ1) is 4.83. The molecule has 0 saturated carbocycles. The molecule has 3 nitrogen and oxygen atoms in total. The van der Waals surface area contributed by atoms with E-state index in [0.717, 1.165) is 32.5 Å². The quantitative estimate of drug-likeness (QED) is 0.544. The minimum Gasteiger partial charge on any atom is -0.392 e. The van der Waals surface area contributed by atoms with Crippen molar-refractivity contribution in [3.05, 3.63) is 0 Å². The summed E-state index contributed by atoms with van der Waals surface area (Å²) in [6.45, 7) is 3.55. The van der Waals surface area contributed by atoms with Gasteiger partial charge in [0.2, 0.25) is 0 Å². The first-order valence-corrected chi connectivity index (χ1v) is 3.93. The number of β-amino-alcohol motifs (C(OH)–C–C–N with tert-alkyl or cyclic N) is 1. The fraction of sp³-hybridized carbons (Fsp3) is 1.00. The zero-order chi connectivity index (χ0) is 7.40. The molecular weight excluding hydrogens is 128 g/mol. The van der Waals surface area contributed by atoms with Gasteiger partial charge in [0, 0.05) is 19.6 Å². The average molecular weight is 144 g/mol. The van der Waals surface area contributed by atoms with Crippen molar-refractivity contribution in [2.75, 3.05) is 26.2 Å². The van der Waals surface area contributed by atoms with Gasteiger partial charge in [0.15, 0.2) is 0 Å². The molecule has 0 bridgehead atoms. The minimum absolute atomic E-state index is 0.111. The Morgan fingerprint density at radius 2 is 2.40 bits per heavy atom. The molecular formula is C7H16N2O. The fourth-order valence-corrected chi connectivity index (χ4v) is 1.42. The second kappa shape index (κ2) is 3.91. The third kappa shape index (κ3) is 2.25. The van der Waals surface area contributed by atoms with Crippen LogP contribution in [0.2, 0.25) is 0 Å². The molecule has 0 radical (unpaired) electrons. The Balaban J connectivity index is 2.18. The number of hydrogen-bond donors (Lipinski definition) is 2. The van der Waals surface area contributed by atoms with Crippen LogP contribution in [-0.4, -0.2) is 42.3 Å². The lowest BCUT2D eigenvalue weighted by Gasteiger charge is -2.29. The third-order valence-electron chi connectivity index (χ3n) is 1.93. The van der Waals surface area contributed by atoms with Gasteiger partial charge in [0.25, 0.3) is 0 Å². The lowest BCUT2D eigenvalue weighted by atomic mass is 10.1. The van der Waals surface area contributed by atoms with Crippen LogP contribution in [0.15, 0.2) is 0 Å². The molecule has 0 aliphatic carbocycles. The molecule has 1 atom stereocenters. The second-order valence-corrected chi connectivity index (χ2v) is 2.89. The molecule has 1 aliphatic heterocycles. The highest BCUT2D eigenvalue weighted by molar-refractivity contribution is 4.71. The van der Waals surface area contributed by atoms with Crippen molar-refractivity contribution in [2.24, 2.45) is 5.73 Å². The lowest BCUT2D eigenvalue weighted by molar-refractivity contribution is 0.0725. The summed E-state index contributed by atoms with van der Waals surface area (Å²) < 4.78 is 0. The highest BCUT2D eigenvalue weighted by Gasteiger charge is 2.15. The van der Waals surface area contributed by atoms with Crippen LogP contribution >= 0.6 is 0 Å². The van der Waals surface area contributed by atoms with E-state index in [-0.39, 0.29) is 6.10 Å². The molecule has 0 amide bonds. The Kier molecular flexibility index (Phi) is 3.12. The molecule has 1 fully saturated rings. The number of aliphatic hydroxyl groups excluding tert-OH is 1. The summed E-state index contributed by atoms with van der Waals surface area (Å²) in [4.78, 5) is 2.22. The zero-order valence-electron chi connectivity index (χ0n) is 6.29. The number of likely N-dealkylation sites (tertiary alicyclic amines) is 1. The van der Waals surface area contributed by atoms with Crippen molar-refractivity contribution in [3.8, 4) is 0 Å². The van der Waals surface area contributed by atoms with Crippen LogP contribution in [-0.2, 0) is 0 Å². The smallest absolute Gasteiger partial charge is 0.0667 e. The van der Waals surface area contributed by atoms with Gasteiger partial charge in [-0.25, -0.2) is 0 Å². The van der Waals surface area contributed by atoms with Crippen LogP contribution in [0.3, 0.4) is 0 Å². The van der Waals surface area contributed by atoms with Crippen LogP contribution in [0.25, 0.3) is 0 Å². The van der Waals surface area contributed by atoms with Crippen molar-refractivity contribution < 1.29 is 5.11 Å². The Morgan fingerprint density at radius 1 is 1.60 bits per heavy atom. The number of rotatable bonds is 2. The molecule has 1 aliphatic rings. The Labute approximate surface area is 61.8 Å². The number of aliphatic hydroxyl groups is 1. The first kappa shape index (κ1) is 7.98. The van der Waals surface area contributed by atoms with Crippen LogP contribution in [0.5, 0.6) is 0 Å². The topological polar surface area (TPSA) is 49.5 Å². The van der Waals surface area contributed by atoms with Gasteiger partial charge < -0.3 is 10.8 Å². The summed E-state index contributed by atoms with van der Waals surface area (Å²) in [6.07, 6.45) is 1.96. The largest absolute Gasteiger partial charge is 0.392 e. The number of nitrogens with zero attached hydrogens (tertiary/aromatic N) is 1. The van der Waals surface area contributed by atoms with Crippen molar-refractivity contribution in [2.45, 2.75) is 18.9 Å². The molecule has 3 heteroatoms. The normalized spacial score (nSPS) is 28.8. The predicted molar refractivity (Wildman–Crippen MR) is 40.7 cm³/mol. The molecule has 0 spiro atoms. The fourth-order valence-electron chi connectivity index (χ4n) is 1.42. The molecule has 1 saturated heterocycles. The van der Waals surface area contributed by atoms with Crippen LogP contribution < -0.4 is 5.73 Å². The summed E-state index contributed by atoms with van der Waals surface area (Å²) >= 11 is 0. The maximum Gasteiger partial charge on any atom is 0.0667 e. The lowest BCUT2D eigenvalue weighted by Crippen LogP contribution is -2.40. The molecule has 3 N–H and O–H groups in total. The van der Waals surface area contributed by atoms with E-state index in [4.69, 9.17) is 5.73 Å². The summed E-state index contributed by atoms with van der Waals surface area (Å²) in [5, 5.41) is 9.22. The Morgan fingerprint density at radius 3 is 3.00 bits per heavy atom. The molecule has 0 unspecified atom stereocenters. The summed E-state index contributed by atoms with van der Waals surface area (Å²) in [5.41, 5.74) is 5.38. The summed E-state index contributed by atoms with van der Waals surface area (Å²) in [6, 6.07) is 0. The molecule has 0 aromatic carbocycles. The average Bonchev–Trinajstić information content (AvgIpc) is 1.88. The van der Waals surface area contributed by atoms with Gasteiger partial charge >= 0.3 is 0 Å². The maximum absolute atomic E-state index is 9.22. The van der Waals surface area contributed by atoms with E-state index < -0.39 is 0 Å². The van der Waals surface area contributed by atoms with Crippen LogP contribution in [0, 0.1) is 0 Å². The van der Waals surface area contributed by atoms with Crippen molar-refractivity contribution in [1.82, 2.24) is 4.90 Å². The Bertz CT molecular complexity index is 95.6. The number of hydrogen-bond acceptors (Lipinski definition) is 3. The van der Waals surface area contributed by atoms with Gasteiger partial charge in [-0.1, -0.05) is 0 Å². The molecule has 10 heavy (non-hydrogen) atoms. The zero-order valence-corrected chi connectivity index (χ0v) is 6.29. The van der Waals surface area contributed by atoms with E-state index in [2.05, 4.69) is 4.90 Å². The van der Waals surface area contributed by atoms with Gasteiger partial charge in [-0.3, -0.25) is 4.90 Å². The molecule has 0 aromatic heterocycles. The van der Waals surface area contributed by atoms with E-state index in [1.807, 2.05) is 0 Å². The van der Waals surface area contributed by atoms with E-state index in [1.54, 1.807) is 0 Å². The molecule has 1 heterocycles. The highest BCUT2D eigenvalue weighted by Crippen LogP contribution is 2.08. The summed E-state index contributed by atoms with van der Waals surface area (Å²) in [7, 11) is 0. The Hall–Kier alpha value is -0.120. The predicted octanol–water partition coefficient (Wildman–Crippen LogP) is -0.598. The molecule has 1 rings (SSSR count). The van der Waals surface area contributed by atoms with Gasteiger partial charge in [-0.2, -0.15) is 0 Å². The first-order valence-electron chi connectivity index (χ1n) is 3.93. The van der Waals surface area contributed by atoms with Gasteiger partial charge in [-0.05, 0) is 19.4 Å². The number of nitrogens with two attached hydrogens (primary N) is 1. The van der Waals surface area contributed by atoms with Gasteiger partial charge in [-0.15, -0.1) is 0 Å². The van der Waals surface area contributed by atoms with E-state index in [9.17, 15) is 5.11 Å². The second-order valence-electron chi connectivity index (χ2n) is 2.89. The van der Waals surface area contributed by atoms with Crippen molar-refractivity contribution >= 4 is 0 Å². The van der Waals surface area contributed by atoms with E-state index in [1.165, 1.54) is 0 Å². The van der Waals surface area contributed by atoms with Crippen molar-refractivity contribution in [1.29, 1.82) is 0 Å². The third-order valence-corrected chi connectivity index (χ3v) is 1.93. The van der Waals surface area contributed by atoms with Gasteiger partial charge in [0.1, 0.15) is 0 Å². The van der Waals surface area contributed by atoms with E-state index >= 15 is 0 Å². The maximum atomic E-state index is 9.22. The van der Waals surface area contributed by atoms with E-state index in [0.29, 0.717) is 6.54 Å². The number of piperidine rings is 1. The highest BCUT2D eigenvalue weighted by atomic mass is 16.3. The summed E-state index contributed by atoms with van der Waals surface area (Å²) in [5.74, 6) is 0. The molecule has 0 aromatic rings. The molecule has 60 valence electrons. The van der Waals surface area contributed by atoms with Crippen LogP contribution in [0.4, 0.5) is 0 Å². The standard InChI is InChI=1S/C7H16N2O/c8-3-5-9-4-1-2-7(10)6-9/h7,10H,1-6,8H2/t7-/m0/s1. The minimum atomic E-state index is -0.111. The van der Waals surface area contributed by atoms with Crippen molar-refractivity contribution in [3.63, 3.8) is 0 Å². The SMILES string of the molecule is NCCN1CCC[C@H](O)C1. The monoisotopic (exact) mass is 144 g/mol. The van der Waals surface area contributed by atoms with Crippen LogP contribution in [0.1, 0.15) is 12.8 Å².